The van der Waals surface area contributed by atoms with Crippen molar-refractivity contribution < 1.29 is 38.1 Å². The molecule has 1 aliphatic rings. The van der Waals surface area contributed by atoms with Crippen molar-refractivity contribution in [3.8, 4) is 11.4 Å². The monoisotopic (exact) mass is 549 g/mol. The van der Waals surface area contributed by atoms with E-state index in [-0.39, 0.29) is 17.4 Å². The lowest BCUT2D eigenvalue weighted by Crippen LogP contribution is -2.64. The molecule has 2 aromatic heterocycles. The number of nitrogens with zero attached hydrogens (tertiary/aromatic N) is 4. The zero-order valence-corrected chi connectivity index (χ0v) is 22.8. The Hall–Kier alpha value is -3.65. The molecule has 1 N–H and O–H groups in total. The van der Waals surface area contributed by atoms with Gasteiger partial charge in [-0.25, -0.2) is 4.68 Å². The lowest BCUT2D eigenvalue weighted by Gasteiger charge is -2.45. The van der Waals surface area contributed by atoms with Crippen LogP contribution < -0.4 is 5.32 Å². The number of hydrogen-bond acceptors (Lipinski definition) is 11. The summed E-state index contributed by atoms with van der Waals surface area (Å²) >= 11 is 5.78. The van der Waals surface area contributed by atoms with Crippen LogP contribution in [0.25, 0.3) is 11.4 Å². The number of nitrogens with one attached hydrogen (secondary N) is 1. The van der Waals surface area contributed by atoms with Crippen LogP contribution in [0.5, 0.6) is 0 Å². The van der Waals surface area contributed by atoms with E-state index in [2.05, 4.69) is 10.3 Å². The van der Waals surface area contributed by atoms with Crippen molar-refractivity contribution in [3.05, 3.63) is 29.3 Å². The Morgan fingerprint density at radius 3 is 2.16 bits per heavy atom. The summed E-state index contributed by atoms with van der Waals surface area (Å²) in [7, 11) is 0. The van der Waals surface area contributed by atoms with Gasteiger partial charge in [-0.05, 0) is 38.2 Å². The highest BCUT2D eigenvalue weighted by atomic mass is 32.1. The maximum Gasteiger partial charge on any atom is 0.303 e. The van der Waals surface area contributed by atoms with Crippen LogP contribution in [0, 0.1) is 4.77 Å². The molecule has 3 rings (SSSR count). The summed E-state index contributed by atoms with van der Waals surface area (Å²) in [5.41, 5.74) is 0.733. The molecule has 1 fully saturated rings. The molecule has 3 heterocycles. The highest BCUT2D eigenvalue weighted by Gasteiger charge is 2.52. The third-order valence-corrected chi connectivity index (χ3v) is 6.00. The van der Waals surface area contributed by atoms with Crippen LogP contribution >= 0.6 is 12.2 Å². The van der Waals surface area contributed by atoms with Gasteiger partial charge in [0.1, 0.15) is 18.8 Å². The molecule has 1 saturated heterocycles. The van der Waals surface area contributed by atoms with Crippen LogP contribution in [-0.2, 0) is 38.1 Å². The van der Waals surface area contributed by atoms with E-state index < -0.39 is 54.4 Å². The molecule has 0 aromatic carbocycles. The number of rotatable bonds is 8. The van der Waals surface area contributed by atoms with Gasteiger partial charge >= 0.3 is 17.9 Å². The van der Waals surface area contributed by atoms with Crippen molar-refractivity contribution in [1.29, 1.82) is 0 Å². The molecule has 2 aromatic rings. The van der Waals surface area contributed by atoms with Crippen LogP contribution in [0.2, 0.25) is 0 Å². The Balaban J connectivity index is 2.21. The Morgan fingerprint density at radius 1 is 1.03 bits per heavy atom. The highest BCUT2D eigenvalue weighted by molar-refractivity contribution is 7.71. The van der Waals surface area contributed by atoms with Crippen LogP contribution in [0.3, 0.4) is 0 Å². The molecule has 13 nitrogen and oxygen atoms in total. The first kappa shape index (κ1) is 28.9. The number of carbonyl (C=O) groups excluding carboxylic acids is 4. The molecule has 38 heavy (non-hydrogen) atoms. The molecule has 5 atom stereocenters. The van der Waals surface area contributed by atoms with Gasteiger partial charge in [0.05, 0.1) is 0 Å². The number of hydrogen-bond donors (Lipinski definition) is 1. The first-order valence-corrected chi connectivity index (χ1v) is 12.3. The van der Waals surface area contributed by atoms with Crippen molar-refractivity contribution in [2.45, 2.75) is 78.2 Å². The molecular weight excluding hydrogens is 518 g/mol. The smallest absolute Gasteiger partial charge is 0.303 e. The van der Waals surface area contributed by atoms with E-state index in [1.165, 1.54) is 32.4 Å². The highest BCUT2D eigenvalue weighted by Crippen LogP contribution is 2.34. The minimum Gasteiger partial charge on any atom is -0.463 e. The Morgan fingerprint density at radius 2 is 1.63 bits per heavy atom. The van der Waals surface area contributed by atoms with Gasteiger partial charge < -0.3 is 24.3 Å². The van der Waals surface area contributed by atoms with Gasteiger partial charge in [0.15, 0.2) is 24.3 Å². The summed E-state index contributed by atoms with van der Waals surface area (Å²) in [6.45, 7) is 8.39. The minimum atomic E-state index is -1.23. The quantitative estimate of drug-likeness (QED) is 0.292. The van der Waals surface area contributed by atoms with Crippen molar-refractivity contribution in [2.75, 3.05) is 6.61 Å². The molecule has 0 unspecified atom stereocenters. The van der Waals surface area contributed by atoms with E-state index in [0.717, 1.165) is 5.56 Å². The van der Waals surface area contributed by atoms with Crippen LogP contribution in [0.4, 0.5) is 0 Å². The van der Waals surface area contributed by atoms with Gasteiger partial charge in [0.25, 0.3) is 0 Å². The van der Waals surface area contributed by atoms with Gasteiger partial charge in [-0.1, -0.05) is 0 Å². The van der Waals surface area contributed by atoms with Gasteiger partial charge in [-0.2, -0.15) is 0 Å². The van der Waals surface area contributed by atoms with Gasteiger partial charge in [0, 0.05) is 51.7 Å². The van der Waals surface area contributed by atoms with Crippen molar-refractivity contribution in [2.24, 2.45) is 0 Å². The number of aromatic nitrogens is 4. The van der Waals surface area contributed by atoms with Crippen LogP contribution in [-0.4, -0.2) is 74.1 Å². The molecular formula is C24H31N5O8S. The largest absolute Gasteiger partial charge is 0.463 e. The Labute approximate surface area is 224 Å². The van der Waals surface area contributed by atoms with E-state index in [1.54, 1.807) is 29.1 Å². The summed E-state index contributed by atoms with van der Waals surface area (Å²) in [5, 5.41) is 7.46. The van der Waals surface area contributed by atoms with E-state index in [4.69, 9.17) is 36.3 Å². The second-order valence-electron chi connectivity index (χ2n) is 8.99. The summed E-state index contributed by atoms with van der Waals surface area (Å²) < 4.78 is 25.9. The minimum absolute atomic E-state index is 0.114. The average molecular weight is 550 g/mol. The molecule has 14 heteroatoms. The number of ether oxygens (including phenoxy) is 4. The molecule has 206 valence electrons. The van der Waals surface area contributed by atoms with Crippen LogP contribution in [0.15, 0.2) is 24.5 Å². The van der Waals surface area contributed by atoms with E-state index >= 15 is 0 Å². The fourth-order valence-electron chi connectivity index (χ4n) is 4.24. The zero-order valence-electron chi connectivity index (χ0n) is 21.9. The topological polar surface area (TPSA) is 153 Å². The molecule has 0 bridgehead atoms. The maximum absolute atomic E-state index is 12.3. The Kier molecular flexibility index (Phi) is 9.33. The summed E-state index contributed by atoms with van der Waals surface area (Å²) in [6, 6.07) is 2.35. The predicted octanol–water partition coefficient (Wildman–Crippen LogP) is 1.89. The number of amides is 1. The van der Waals surface area contributed by atoms with E-state index in [0.29, 0.717) is 5.82 Å². The van der Waals surface area contributed by atoms with Gasteiger partial charge in [-0.3, -0.25) is 28.7 Å². The third-order valence-electron chi connectivity index (χ3n) is 5.62. The molecule has 1 amide bonds. The molecule has 0 aliphatic carbocycles. The third kappa shape index (κ3) is 6.61. The van der Waals surface area contributed by atoms with E-state index in [1.807, 2.05) is 13.8 Å². The van der Waals surface area contributed by atoms with Gasteiger partial charge in [0.2, 0.25) is 10.7 Å². The maximum atomic E-state index is 12.3. The summed E-state index contributed by atoms with van der Waals surface area (Å²) in [4.78, 5) is 52.1. The molecule has 1 aliphatic heterocycles. The predicted molar refractivity (Wildman–Crippen MR) is 134 cm³/mol. The summed E-state index contributed by atoms with van der Waals surface area (Å²) in [6.07, 6.45) is -1.43. The SMILES string of the molecule is CC(=O)N[C@@H]1[C@H](OC(C)=O)[C@H](OC(C)=O)[C@H](COC(C)=O)O[C@H]1n1nc(-c2ccncc2)n(C(C)C)c1=S. The molecule has 0 radical (unpaired) electrons. The van der Waals surface area contributed by atoms with Crippen LogP contribution in [0.1, 0.15) is 53.8 Å². The first-order chi connectivity index (χ1) is 17.9. The lowest BCUT2D eigenvalue weighted by molar-refractivity contribution is -0.239. The van der Waals surface area contributed by atoms with Crippen molar-refractivity contribution in [1.82, 2.24) is 24.6 Å². The second-order valence-corrected chi connectivity index (χ2v) is 9.36. The number of pyridine rings is 1. The van der Waals surface area contributed by atoms with E-state index in [9.17, 15) is 19.2 Å². The van der Waals surface area contributed by atoms with Crippen molar-refractivity contribution >= 4 is 36.0 Å². The number of esters is 3. The second kappa shape index (κ2) is 12.3. The fraction of sp³-hybridized carbons (Fsp3) is 0.542. The lowest BCUT2D eigenvalue weighted by atomic mass is 9.95. The first-order valence-electron chi connectivity index (χ1n) is 11.9. The zero-order chi connectivity index (χ0) is 28.1. The average Bonchev–Trinajstić information content (AvgIpc) is 3.17. The van der Waals surface area contributed by atoms with Gasteiger partial charge in [-0.15, -0.1) is 5.10 Å². The molecule has 0 saturated carbocycles. The summed E-state index contributed by atoms with van der Waals surface area (Å²) in [5.74, 6) is -1.93. The number of carbonyl (C=O) groups is 4. The molecule has 0 spiro atoms. The standard InChI is InChI=1S/C24H31N5O8S/c1-12(2)28-22(17-7-9-25-10-8-17)27-29(24(28)38)23-19(26-13(3)30)21(36-16(6)33)20(35-15(5)32)18(37-23)11-34-14(4)31/h7-10,12,18-21,23H,11H2,1-6H3,(H,26,30)/t18-,19+,20+,21-,23+/m0/s1. The Bertz CT molecular complexity index is 1240. The normalized spacial score (nSPS) is 23.0. The fourth-order valence-corrected chi connectivity index (χ4v) is 4.68. The van der Waals surface area contributed by atoms with Crippen molar-refractivity contribution in [3.63, 3.8) is 0 Å².